The molecular weight excluding hydrogens is 472 g/mol. The fourth-order valence-corrected chi connectivity index (χ4v) is 6.12. The lowest BCUT2D eigenvalue weighted by molar-refractivity contribution is 0.210. The van der Waals surface area contributed by atoms with E-state index >= 15 is 0 Å². The SMILES string of the molecule is COc1ccccc1C1CCN(CCNCc2nc(C3(c4ccc(Cl)cc4)CCCCC3)no2)CC1. The Kier molecular flexibility index (Phi) is 8.25. The van der Waals surface area contributed by atoms with Crippen LogP contribution in [0.15, 0.2) is 53.1 Å². The fraction of sp³-hybridized carbons (Fsp3) is 0.517. The molecule has 0 amide bonds. The molecule has 0 bridgehead atoms. The summed E-state index contributed by atoms with van der Waals surface area (Å²) in [5.41, 5.74) is 2.42. The molecule has 6 nitrogen and oxygen atoms in total. The molecule has 1 aromatic heterocycles. The summed E-state index contributed by atoms with van der Waals surface area (Å²) in [7, 11) is 1.76. The Hall–Kier alpha value is -2.41. The Morgan fingerprint density at radius 3 is 2.56 bits per heavy atom. The molecule has 2 aromatic carbocycles. The average Bonchev–Trinajstić information content (AvgIpc) is 3.42. The first-order valence-corrected chi connectivity index (χ1v) is 13.7. The number of rotatable bonds is 9. The third kappa shape index (κ3) is 5.61. The van der Waals surface area contributed by atoms with Gasteiger partial charge in [-0.05, 0) is 74.0 Å². The van der Waals surface area contributed by atoms with Crippen molar-refractivity contribution in [3.63, 3.8) is 0 Å². The van der Waals surface area contributed by atoms with Crippen molar-refractivity contribution in [3.05, 3.63) is 76.4 Å². The molecule has 36 heavy (non-hydrogen) atoms. The van der Waals surface area contributed by atoms with Gasteiger partial charge in [0.2, 0.25) is 5.89 Å². The summed E-state index contributed by atoms with van der Waals surface area (Å²) in [6, 6.07) is 16.6. The molecule has 0 spiro atoms. The molecule has 3 aromatic rings. The van der Waals surface area contributed by atoms with E-state index in [9.17, 15) is 0 Å². The number of hydrogen-bond donors (Lipinski definition) is 1. The smallest absolute Gasteiger partial charge is 0.240 e. The van der Waals surface area contributed by atoms with Crippen molar-refractivity contribution in [2.45, 2.75) is 62.8 Å². The van der Waals surface area contributed by atoms with Gasteiger partial charge in [-0.2, -0.15) is 4.98 Å². The summed E-state index contributed by atoms with van der Waals surface area (Å²) in [5, 5.41) is 8.72. The number of benzene rings is 2. The first kappa shape index (κ1) is 25.2. The van der Waals surface area contributed by atoms with Gasteiger partial charge in [0, 0.05) is 18.1 Å². The van der Waals surface area contributed by atoms with E-state index in [-0.39, 0.29) is 5.41 Å². The maximum atomic E-state index is 6.15. The van der Waals surface area contributed by atoms with Gasteiger partial charge in [-0.1, -0.05) is 66.4 Å². The molecule has 0 radical (unpaired) electrons. The van der Waals surface area contributed by atoms with Gasteiger partial charge in [-0.3, -0.25) is 0 Å². The van der Waals surface area contributed by atoms with Gasteiger partial charge in [-0.15, -0.1) is 0 Å². The largest absolute Gasteiger partial charge is 0.496 e. The number of likely N-dealkylation sites (tertiary alicyclic amines) is 1. The summed E-state index contributed by atoms with van der Waals surface area (Å²) < 4.78 is 11.3. The topological polar surface area (TPSA) is 63.4 Å². The highest BCUT2D eigenvalue weighted by Crippen LogP contribution is 2.43. The molecule has 1 N–H and O–H groups in total. The number of nitrogens with one attached hydrogen (secondary N) is 1. The van der Waals surface area contributed by atoms with Crippen LogP contribution in [-0.2, 0) is 12.0 Å². The van der Waals surface area contributed by atoms with Gasteiger partial charge in [0.1, 0.15) is 5.75 Å². The van der Waals surface area contributed by atoms with Crippen LogP contribution >= 0.6 is 11.6 Å². The molecule has 2 heterocycles. The summed E-state index contributed by atoms with van der Waals surface area (Å²) in [4.78, 5) is 7.39. The van der Waals surface area contributed by atoms with Crippen LogP contribution in [-0.4, -0.2) is 48.3 Å². The van der Waals surface area contributed by atoms with Crippen molar-refractivity contribution in [1.82, 2.24) is 20.4 Å². The molecule has 2 fully saturated rings. The number of methoxy groups -OCH3 is 1. The van der Waals surface area contributed by atoms with Crippen LogP contribution in [0, 0.1) is 0 Å². The van der Waals surface area contributed by atoms with E-state index in [4.69, 9.17) is 25.8 Å². The molecule has 2 aliphatic rings. The van der Waals surface area contributed by atoms with Gasteiger partial charge in [-0.25, -0.2) is 0 Å². The van der Waals surface area contributed by atoms with E-state index in [0.717, 1.165) is 55.6 Å². The number of para-hydroxylation sites is 1. The van der Waals surface area contributed by atoms with E-state index in [1.165, 1.54) is 43.2 Å². The lowest BCUT2D eigenvalue weighted by Gasteiger charge is -2.35. The number of piperidine rings is 1. The predicted octanol–water partition coefficient (Wildman–Crippen LogP) is 5.95. The maximum absolute atomic E-state index is 6.15. The van der Waals surface area contributed by atoms with E-state index in [1.807, 2.05) is 18.2 Å². The van der Waals surface area contributed by atoms with Crippen LogP contribution in [0.2, 0.25) is 5.02 Å². The standard InChI is InChI=1S/C29H37ClN4O2/c1-35-26-8-4-3-7-25(26)22-13-18-34(19-14-22)20-17-31-21-27-32-28(33-36-27)29(15-5-2-6-16-29)23-9-11-24(30)12-10-23/h3-4,7-12,22,31H,2,5-6,13-21H2,1H3. The van der Waals surface area contributed by atoms with Crippen molar-refractivity contribution in [3.8, 4) is 5.75 Å². The van der Waals surface area contributed by atoms with E-state index in [0.29, 0.717) is 18.4 Å². The van der Waals surface area contributed by atoms with E-state index < -0.39 is 0 Å². The quantitative estimate of drug-likeness (QED) is 0.360. The van der Waals surface area contributed by atoms with Gasteiger partial charge < -0.3 is 19.5 Å². The summed E-state index contributed by atoms with van der Waals surface area (Å²) in [6.45, 7) is 4.74. The van der Waals surface area contributed by atoms with Gasteiger partial charge in [0.25, 0.3) is 0 Å². The first-order valence-electron chi connectivity index (χ1n) is 13.3. The van der Waals surface area contributed by atoms with E-state index in [1.54, 1.807) is 7.11 Å². The van der Waals surface area contributed by atoms with Crippen LogP contribution in [0.3, 0.4) is 0 Å². The van der Waals surface area contributed by atoms with Crippen LogP contribution in [0.5, 0.6) is 5.75 Å². The number of hydrogen-bond acceptors (Lipinski definition) is 6. The second-order valence-electron chi connectivity index (χ2n) is 10.2. The van der Waals surface area contributed by atoms with Crippen LogP contribution in [0.25, 0.3) is 0 Å². The number of aromatic nitrogens is 2. The number of halogens is 1. The Morgan fingerprint density at radius 1 is 1.06 bits per heavy atom. The highest BCUT2D eigenvalue weighted by atomic mass is 35.5. The summed E-state index contributed by atoms with van der Waals surface area (Å²) >= 11 is 6.15. The maximum Gasteiger partial charge on any atom is 0.240 e. The molecule has 192 valence electrons. The van der Waals surface area contributed by atoms with Crippen LogP contribution < -0.4 is 10.1 Å². The molecule has 1 saturated carbocycles. The van der Waals surface area contributed by atoms with Crippen molar-refractivity contribution < 1.29 is 9.26 Å². The lowest BCUT2D eigenvalue weighted by Crippen LogP contribution is -2.37. The number of ether oxygens (including phenoxy) is 1. The third-order valence-electron chi connectivity index (χ3n) is 8.05. The normalized spacial score (nSPS) is 18.8. The Bertz CT molecular complexity index is 1100. The minimum atomic E-state index is -0.170. The predicted molar refractivity (Wildman–Crippen MR) is 143 cm³/mol. The van der Waals surface area contributed by atoms with Crippen LogP contribution in [0.1, 0.15) is 73.7 Å². The van der Waals surface area contributed by atoms with Crippen LogP contribution in [0.4, 0.5) is 0 Å². The van der Waals surface area contributed by atoms with Crippen molar-refractivity contribution in [2.75, 3.05) is 33.3 Å². The van der Waals surface area contributed by atoms with Gasteiger partial charge >= 0.3 is 0 Å². The minimum Gasteiger partial charge on any atom is -0.496 e. The monoisotopic (exact) mass is 508 g/mol. The van der Waals surface area contributed by atoms with Crippen molar-refractivity contribution in [1.29, 1.82) is 0 Å². The van der Waals surface area contributed by atoms with Crippen molar-refractivity contribution in [2.24, 2.45) is 0 Å². The van der Waals surface area contributed by atoms with E-state index in [2.05, 4.69) is 45.7 Å². The zero-order valence-electron chi connectivity index (χ0n) is 21.2. The molecule has 1 saturated heterocycles. The lowest BCUT2D eigenvalue weighted by atomic mass is 9.69. The Labute approximate surface area is 219 Å². The summed E-state index contributed by atoms with van der Waals surface area (Å²) in [5.74, 6) is 3.08. The molecule has 1 aliphatic heterocycles. The average molecular weight is 509 g/mol. The molecule has 0 atom stereocenters. The molecular formula is C29H37ClN4O2. The van der Waals surface area contributed by atoms with Crippen molar-refractivity contribution >= 4 is 11.6 Å². The molecule has 5 rings (SSSR count). The second kappa shape index (κ2) is 11.8. The second-order valence-corrected chi connectivity index (χ2v) is 10.6. The zero-order valence-corrected chi connectivity index (χ0v) is 22.0. The molecule has 0 unspecified atom stereocenters. The highest BCUT2D eigenvalue weighted by Gasteiger charge is 2.40. The Morgan fingerprint density at radius 2 is 1.81 bits per heavy atom. The highest BCUT2D eigenvalue weighted by molar-refractivity contribution is 6.30. The fourth-order valence-electron chi connectivity index (χ4n) is 5.99. The number of nitrogens with zero attached hydrogens (tertiary/aromatic N) is 3. The third-order valence-corrected chi connectivity index (χ3v) is 8.30. The van der Waals surface area contributed by atoms with Gasteiger partial charge in [0.05, 0.1) is 19.1 Å². The molecule has 1 aliphatic carbocycles. The summed E-state index contributed by atoms with van der Waals surface area (Å²) in [6.07, 6.45) is 8.05. The Balaban J connectivity index is 1.11. The minimum absolute atomic E-state index is 0.170. The van der Waals surface area contributed by atoms with Gasteiger partial charge in [0.15, 0.2) is 5.82 Å². The zero-order chi connectivity index (χ0) is 24.8. The first-order chi connectivity index (χ1) is 17.7. The molecule has 7 heteroatoms.